The van der Waals surface area contributed by atoms with Crippen LogP contribution in [-0.4, -0.2) is 17.7 Å². The average Bonchev–Trinajstić information content (AvgIpc) is 2.25. The largest absolute Gasteiger partial charge is 0.449 e. The molecule has 0 saturated heterocycles. The summed E-state index contributed by atoms with van der Waals surface area (Å²) in [5.74, 6) is 0.439. The van der Waals surface area contributed by atoms with E-state index < -0.39 is 6.09 Å². The molecule has 5 heteroatoms. The third-order valence-corrected chi connectivity index (χ3v) is 2.50. The first kappa shape index (κ1) is 12.8. The Morgan fingerprint density at radius 3 is 3.06 bits per heavy atom. The van der Waals surface area contributed by atoms with E-state index in [4.69, 9.17) is 16.3 Å². The molecule has 1 rings (SSSR count). The number of carbonyl (C=O) groups excluding carboxylic acids is 1. The van der Waals surface area contributed by atoms with Crippen LogP contribution in [0.5, 0.6) is 0 Å². The van der Waals surface area contributed by atoms with Gasteiger partial charge in [0.05, 0.1) is 6.61 Å². The Labute approximate surface area is 100.0 Å². The van der Waals surface area contributed by atoms with E-state index in [9.17, 15) is 4.79 Å². The fraction of sp³-hybridized carbons (Fsp3) is 0.455. The first-order valence-corrected chi connectivity index (χ1v) is 5.57. The van der Waals surface area contributed by atoms with Gasteiger partial charge in [-0.3, -0.25) is 5.32 Å². The number of halogens is 1. The molecule has 16 heavy (non-hydrogen) atoms. The third-order valence-electron chi connectivity index (χ3n) is 2.09. The van der Waals surface area contributed by atoms with Gasteiger partial charge in [-0.15, -0.1) is 0 Å². The first-order chi connectivity index (χ1) is 7.65. The molecule has 0 spiro atoms. The zero-order valence-corrected chi connectivity index (χ0v) is 10.2. The summed E-state index contributed by atoms with van der Waals surface area (Å²) in [5, 5.41) is 3.12. The number of ether oxygens (including phenoxy) is 1. The molecule has 0 aliphatic carbocycles. The van der Waals surface area contributed by atoms with Crippen molar-refractivity contribution >= 4 is 23.5 Å². The lowest BCUT2D eigenvalue weighted by molar-refractivity contribution is 0.160. The van der Waals surface area contributed by atoms with Crippen molar-refractivity contribution in [3.8, 4) is 0 Å². The van der Waals surface area contributed by atoms with Crippen LogP contribution < -0.4 is 5.32 Å². The summed E-state index contributed by atoms with van der Waals surface area (Å²) in [7, 11) is 0. The molecule has 0 fully saturated rings. The molecule has 0 aromatic carbocycles. The maximum absolute atomic E-state index is 11.3. The van der Waals surface area contributed by atoms with Crippen LogP contribution >= 0.6 is 11.6 Å². The van der Waals surface area contributed by atoms with E-state index in [2.05, 4.69) is 10.3 Å². The number of nitrogens with one attached hydrogen (secondary N) is 1. The van der Waals surface area contributed by atoms with Crippen molar-refractivity contribution in [3.05, 3.63) is 22.8 Å². The normalized spacial score (nSPS) is 9.94. The lowest BCUT2D eigenvalue weighted by Gasteiger charge is -2.08. The number of hydrogen-bond acceptors (Lipinski definition) is 3. The molecule has 0 bridgehead atoms. The molecule has 0 aliphatic heterocycles. The summed E-state index contributed by atoms with van der Waals surface area (Å²) in [5.41, 5.74) is 0.733. The van der Waals surface area contributed by atoms with Crippen molar-refractivity contribution in [1.82, 2.24) is 4.98 Å². The van der Waals surface area contributed by atoms with Gasteiger partial charge in [0.2, 0.25) is 0 Å². The number of carbonyl (C=O) groups is 1. The van der Waals surface area contributed by atoms with E-state index in [1.54, 1.807) is 13.0 Å². The van der Waals surface area contributed by atoms with Crippen molar-refractivity contribution in [3.63, 3.8) is 0 Å². The predicted molar refractivity (Wildman–Crippen MR) is 63.9 cm³/mol. The Balaban J connectivity index is 2.53. The van der Waals surface area contributed by atoms with Crippen LogP contribution in [0.4, 0.5) is 10.6 Å². The van der Waals surface area contributed by atoms with Crippen LogP contribution in [0.25, 0.3) is 0 Å². The van der Waals surface area contributed by atoms with Gasteiger partial charge in [-0.25, -0.2) is 9.78 Å². The van der Waals surface area contributed by atoms with E-state index in [-0.39, 0.29) is 0 Å². The van der Waals surface area contributed by atoms with Crippen LogP contribution in [0.15, 0.2) is 12.3 Å². The zero-order valence-electron chi connectivity index (χ0n) is 9.42. The Morgan fingerprint density at radius 1 is 1.62 bits per heavy atom. The van der Waals surface area contributed by atoms with Crippen molar-refractivity contribution in [2.24, 2.45) is 0 Å². The number of anilines is 1. The number of unbranched alkanes of at least 4 members (excludes halogenated alkanes) is 1. The van der Waals surface area contributed by atoms with Crippen LogP contribution in [0.1, 0.15) is 25.3 Å². The van der Waals surface area contributed by atoms with Gasteiger partial charge in [-0.2, -0.15) is 0 Å². The number of amides is 1. The van der Waals surface area contributed by atoms with Gasteiger partial charge >= 0.3 is 6.09 Å². The van der Waals surface area contributed by atoms with Crippen LogP contribution in [0, 0.1) is 6.92 Å². The van der Waals surface area contributed by atoms with Gasteiger partial charge in [0.1, 0.15) is 5.82 Å². The molecule has 0 unspecified atom stereocenters. The Morgan fingerprint density at radius 2 is 2.38 bits per heavy atom. The van der Waals surface area contributed by atoms with E-state index in [0.717, 1.165) is 18.4 Å². The van der Waals surface area contributed by atoms with E-state index >= 15 is 0 Å². The smallest absolute Gasteiger partial charge is 0.412 e. The summed E-state index contributed by atoms with van der Waals surface area (Å²) in [4.78, 5) is 15.3. The highest BCUT2D eigenvalue weighted by molar-refractivity contribution is 6.31. The van der Waals surface area contributed by atoms with Gasteiger partial charge in [-0.1, -0.05) is 24.9 Å². The second-order valence-corrected chi connectivity index (χ2v) is 3.79. The van der Waals surface area contributed by atoms with Gasteiger partial charge in [0.25, 0.3) is 0 Å². The topological polar surface area (TPSA) is 51.2 Å². The molecule has 0 aliphatic rings. The van der Waals surface area contributed by atoms with E-state index in [1.165, 1.54) is 6.20 Å². The van der Waals surface area contributed by atoms with Crippen LogP contribution in [0.2, 0.25) is 5.02 Å². The number of nitrogens with zero attached hydrogens (tertiary/aromatic N) is 1. The summed E-state index contributed by atoms with van der Waals surface area (Å²) in [6.07, 6.45) is 2.89. The summed E-state index contributed by atoms with van der Waals surface area (Å²) in [6, 6.07) is 1.67. The van der Waals surface area contributed by atoms with Gasteiger partial charge in [-0.05, 0) is 19.4 Å². The van der Waals surface area contributed by atoms with E-state index in [1.807, 2.05) is 6.92 Å². The zero-order chi connectivity index (χ0) is 12.0. The number of rotatable bonds is 4. The van der Waals surface area contributed by atoms with Gasteiger partial charge in [0.15, 0.2) is 0 Å². The molecule has 0 radical (unpaired) electrons. The summed E-state index contributed by atoms with van der Waals surface area (Å²) < 4.78 is 4.95. The first-order valence-electron chi connectivity index (χ1n) is 5.20. The quantitative estimate of drug-likeness (QED) is 0.824. The maximum atomic E-state index is 11.3. The number of pyridine rings is 1. The molecule has 1 amide bonds. The minimum Gasteiger partial charge on any atom is -0.449 e. The molecule has 0 atom stereocenters. The molecule has 88 valence electrons. The van der Waals surface area contributed by atoms with Crippen molar-refractivity contribution in [1.29, 1.82) is 0 Å². The maximum Gasteiger partial charge on any atom is 0.412 e. The van der Waals surface area contributed by atoms with Gasteiger partial charge in [0, 0.05) is 16.8 Å². The highest BCUT2D eigenvalue weighted by atomic mass is 35.5. The second kappa shape index (κ2) is 6.33. The second-order valence-electron chi connectivity index (χ2n) is 3.38. The van der Waals surface area contributed by atoms with Crippen molar-refractivity contribution in [2.75, 3.05) is 11.9 Å². The molecular formula is C11H15ClN2O2. The van der Waals surface area contributed by atoms with Crippen LogP contribution in [0.3, 0.4) is 0 Å². The Kier molecular flexibility index (Phi) is 5.05. The van der Waals surface area contributed by atoms with E-state index in [0.29, 0.717) is 17.4 Å². The monoisotopic (exact) mass is 242 g/mol. The Bertz CT molecular complexity index is 369. The SMILES string of the molecule is CCCCOC(=O)Nc1nccc(Cl)c1C. The molecular weight excluding hydrogens is 228 g/mol. The minimum absolute atomic E-state index is 0.419. The van der Waals surface area contributed by atoms with Crippen molar-refractivity contribution in [2.45, 2.75) is 26.7 Å². The fourth-order valence-electron chi connectivity index (χ4n) is 1.08. The third kappa shape index (κ3) is 3.70. The van der Waals surface area contributed by atoms with Gasteiger partial charge < -0.3 is 4.74 Å². The molecule has 1 N–H and O–H groups in total. The summed E-state index contributed by atoms with van der Waals surface area (Å²) >= 11 is 5.89. The lowest BCUT2D eigenvalue weighted by Crippen LogP contribution is -2.16. The fourth-order valence-corrected chi connectivity index (χ4v) is 1.23. The standard InChI is InChI=1S/C11H15ClN2O2/c1-3-4-7-16-11(15)14-10-8(2)9(12)5-6-13-10/h5-6H,3-4,7H2,1-2H3,(H,13,14,15). The number of hydrogen-bond donors (Lipinski definition) is 1. The predicted octanol–water partition coefficient (Wildman–Crippen LogP) is 3.39. The highest BCUT2D eigenvalue weighted by Crippen LogP contribution is 2.20. The summed E-state index contributed by atoms with van der Waals surface area (Å²) in [6.45, 7) is 4.24. The lowest BCUT2D eigenvalue weighted by atomic mass is 10.3. The molecule has 0 saturated carbocycles. The average molecular weight is 243 g/mol. The molecule has 1 heterocycles. The molecule has 4 nitrogen and oxygen atoms in total. The highest BCUT2D eigenvalue weighted by Gasteiger charge is 2.08. The number of aromatic nitrogens is 1. The minimum atomic E-state index is -0.494. The Hall–Kier alpha value is -1.29. The molecule has 1 aromatic heterocycles. The molecule has 1 aromatic rings. The van der Waals surface area contributed by atoms with Crippen molar-refractivity contribution < 1.29 is 9.53 Å². The van der Waals surface area contributed by atoms with Crippen LogP contribution in [-0.2, 0) is 4.74 Å².